The molecule has 29 heavy (non-hydrogen) atoms. The molecule has 5 aromatic rings. The summed E-state index contributed by atoms with van der Waals surface area (Å²) in [7, 11) is 0. The molecule has 0 fully saturated rings. The van der Waals surface area contributed by atoms with Crippen LogP contribution in [0.1, 0.15) is 11.3 Å². The van der Waals surface area contributed by atoms with Crippen LogP contribution in [0, 0.1) is 6.92 Å². The normalized spacial score (nSPS) is 11.2. The van der Waals surface area contributed by atoms with E-state index < -0.39 is 0 Å². The smallest absolute Gasteiger partial charge is 0.263 e. The van der Waals surface area contributed by atoms with Crippen molar-refractivity contribution in [2.75, 3.05) is 0 Å². The van der Waals surface area contributed by atoms with Crippen LogP contribution >= 0.6 is 11.3 Å². The molecule has 0 spiro atoms. The Morgan fingerprint density at radius 3 is 2.62 bits per heavy atom. The van der Waals surface area contributed by atoms with Crippen molar-refractivity contribution in [1.29, 1.82) is 0 Å². The van der Waals surface area contributed by atoms with Crippen molar-refractivity contribution < 1.29 is 4.42 Å². The topological polar surface area (TPSA) is 60.9 Å². The van der Waals surface area contributed by atoms with Crippen molar-refractivity contribution in [3.63, 3.8) is 0 Å². The lowest BCUT2D eigenvalue weighted by Gasteiger charge is -2.04. The second-order valence-electron chi connectivity index (χ2n) is 6.88. The Bertz CT molecular complexity index is 1350. The Morgan fingerprint density at radius 1 is 1.03 bits per heavy atom. The van der Waals surface area contributed by atoms with Gasteiger partial charge in [-0.2, -0.15) is 0 Å². The zero-order valence-corrected chi connectivity index (χ0v) is 16.5. The van der Waals surface area contributed by atoms with Gasteiger partial charge in [-0.1, -0.05) is 48.0 Å². The molecule has 0 unspecified atom stereocenters. The first-order valence-electron chi connectivity index (χ1n) is 9.22. The molecule has 0 bridgehead atoms. The highest BCUT2D eigenvalue weighted by atomic mass is 32.1. The fourth-order valence-electron chi connectivity index (χ4n) is 3.29. The van der Waals surface area contributed by atoms with Gasteiger partial charge in [0.2, 0.25) is 5.89 Å². The Morgan fingerprint density at radius 2 is 1.83 bits per heavy atom. The molecular formula is C23H17N3O2S. The molecule has 0 amide bonds. The lowest BCUT2D eigenvalue weighted by molar-refractivity contribution is 0.571. The zero-order chi connectivity index (χ0) is 19.8. The summed E-state index contributed by atoms with van der Waals surface area (Å²) in [6, 6.07) is 17.9. The van der Waals surface area contributed by atoms with E-state index in [1.807, 2.05) is 66.9 Å². The summed E-state index contributed by atoms with van der Waals surface area (Å²) in [5.41, 5.74) is 4.62. The van der Waals surface area contributed by atoms with Gasteiger partial charge in [-0.15, -0.1) is 11.3 Å². The Labute approximate surface area is 170 Å². The van der Waals surface area contributed by atoms with Crippen molar-refractivity contribution in [3.8, 4) is 22.6 Å². The third-order valence-corrected chi connectivity index (χ3v) is 5.71. The molecule has 142 valence electrons. The van der Waals surface area contributed by atoms with Crippen molar-refractivity contribution in [1.82, 2.24) is 14.5 Å². The molecule has 0 radical (unpaired) electrons. The van der Waals surface area contributed by atoms with E-state index in [1.54, 1.807) is 17.2 Å². The van der Waals surface area contributed by atoms with E-state index in [1.165, 1.54) is 16.9 Å². The molecule has 2 aromatic carbocycles. The first-order chi connectivity index (χ1) is 14.2. The molecule has 0 aliphatic heterocycles. The van der Waals surface area contributed by atoms with Gasteiger partial charge in [-0.3, -0.25) is 9.36 Å². The van der Waals surface area contributed by atoms with Crippen LogP contribution in [-0.2, 0) is 6.54 Å². The molecule has 0 aliphatic rings. The van der Waals surface area contributed by atoms with Crippen LogP contribution in [-0.4, -0.2) is 14.5 Å². The summed E-state index contributed by atoms with van der Waals surface area (Å²) in [5, 5.41) is 2.63. The average Bonchev–Trinajstić information content (AvgIpc) is 3.39. The fraction of sp³-hybridized carbons (Fsp3) is 0.0870. The lowest BCUT2D eigenvalue weighted by Crippen LogP contribution is -2.21. The minimum absolute atomic E-state index is 0.0741. The zero-order valence-electron chi connectivity index (χ0n) is 15.7. The number of benzene rings is 2. The van der Waals surface area contributed by atoms with Crippen molar-refractivity contribution in [3.05, 3.63) is 94.2 Å². The van der Waals surface area contributed by atoms with Crippen molar-refractivity contribution in [2.45, 2.75) is 13.5 Å². The van der Waals surface area contributed by atoms with Crippen LogP contribution in [0.15, 0.2) is 81.8 Å². The van der Waals surface area contributed by atoms with Crippen molar-refractivity contribution in [2.24, 2.45) is 0 Å². The summed E-state index contributed by atoms with van der Waals surface area (Å²) in [5.74, 6) is 0.544. The molecule has 3 heterocycles. The summed E-state index contributed by atoms with van der Waals surface area (Å²) < 4.78 is 7.20. The fourth-order valence-corrected chi connectivity index (χ4v) is 4.20. The van der Waals surface area contributed by atoms with E-state index >= 15 is 0 Å². The quantitative estimate of drug-likeness (QED) is 0.420. The summed E-state index contributed by atoms with van der Waals surface area (Å²) in [4.78, 5) is 22.9. The highest BCUT2D eigenvalue weighted by Crippen LogP contribution is 2.30. The second kappa shape index (κ2) is 7.14. The Kier molecular flexibility index (Phi) is 4.33. The maximum absolute atomic E-state index is 13.2. The second-order valence-corrected chi connectivity index (χ2v) is 7.74. The summed E-state index contributed by atoms with van der Waals surface area (Å²) >= 11 is 1.48. The van der Waals surface area contributed by atoms with Gasteiger partial charge in [0.05, 0.1) is 24.0 Å². The summed E-state index contributed by atoms with van der Waals surface area (Å²) in [6.45, 7) is 2.34. The van der Waals surface area contributed by atoms with Gasteiger partial charge in [-0.25, -0.2) is 9.97 Å². The van der Waals surface area contributed by atoms with E-state index in [0.29, 0.717) is 23.5 Å². The monoisotopic (exact) mass is 399 g/mol. The first kappa shape index (κ1) is 17.6. The number of hydrogen-bond donors (Lipinski definition) is 0. The highest BCUT2D eigenvalue weighted by Gasteiger charge is 2.14. The molecular weight excluding hydrogens is 382 g/mol. The van der Waals surface area contributed by atoms with Gasteiger partial charge >= 0.3 is 0 Å². The van der Waals surface area contributed by atoms with Gasteiger partial charge in [0.25, 0.3) is 5.56 Å². The van der Waals surface area contributed by atoms with Crippen LogP contribution in [0.2, 0.25) is 0 Å². The minimum atomic E-state index is -0.0741. The first-order valence-corrected chi connectivity index (χ1v) is 10.1. The highest BCUT2D eigenvalue weighted by molar-refractivity contribution is 7.17. The molecule has 0 aliphatic carbocycles. The maximum atomic E-state index is 13.2. The molecule has 0 saturated heterocycles. The number of rotatable bonds is 4. The van der Waals surface area contributed by atoms with Crippen LogP contribution in [0.5, 0.6) is 0 Å². The molecule has 6 heteroatoms. The van der Waals surface area contributed by atoms with Gasteiger partial charge in [0.15, 0.2) is 0 Å². The van der Waals surface area contributed by atoms with E-state index in [0.717, 1.165) is 21.5 Å². The van der Waals surface area contributed by atoms with Crippen LogP contribution < -0.4 is 5.56 Å². The minimum Gasteiger partial charge on any atom is -0.444 e. The molecule has 3 aromatic heterocycles. The molecule has 5 nitrogen and oxygen atoms in total. The van der Waals surface area contributed by atoms with Gasteiger partial charge < -0.3 is 4.42 Å². The number of oxazole rings is 1. The SMILES string of the molecule is Cc1ccc(-c2nc(Cn3cnc4scc(-c5ccccc5)c4c3=O)co2)cc1. The van der Waals surface area contributed by atoms with Crippen LogP contribution in [0.3, 0.4) is 0 Å². The number of fused-ring (bicyclic) bond motifs is 1. The van der Waals surface area contributed by atoms with Gasteiger partial charge in [0, 0.05) is 16.5 Å². The molecule has 0 N–H and O–H groups in total. The van der Waals surface area contributed by atoms with E-state index in [4.69, 9.17) is 4.42 Å². The number of aromatic nitrogens is 3. The number of thiophene rings is 1. The largest absolute Gasteiger partial charge is 0.444 e. The Hall–Kier alpha value is -3.51. The predicted molar refractivity (Wildman–Crippen MR) is 115 cm³/mol. The standard InChI is InChI=1S/C23H17N3O2S/c1-15-7-9-17(10-8-15)21-25-18(12-28-21)11-26-14-24-22-20(23(26)27)19(13-29-22)16-5-3-2-4-6-16/h2-10,12-14H,11H2,1H3. The Balaban J connectivity index is 1.51. The predicted octanol–water partition coefficient (Wildman–Crippen LogP) is 5.14. The molecule has 0 saturated carbocycles. The van der Waals surface area contributed by atoms with Gasteiger partial charge in [0.1, 0.15) is 11.1 Å². The average molecular weight is 399 g/mol. The van der Waals surface area contributed by atoms with Crippen LogP contribution in [0.4, 0.5) is 0 Å². The van der Waals surface area contributed by atoms with E-state index in [-0.39, 0.29) is 5.56 Å². The number of hydrogen-bond acceptors (Lipinski definition) is 5. The third kappa shape index (κ3) is 3.28. The number of nitrogens with zero attached hydrogens (tertiary/aromatic N) is 3. The maximum Gasteiger partial charge on any atom is 0.263 e. The number of aryl methyl sites for hydroxylation is 1. The van der Waals surface area contributed by atoms with Crippen molar-refractivity contribution >= 4 is 21.6 Å². The third-order valence-electron chi connectivity index (χ3n) is 4.83. The lowest BCUT2D eigenvalue weighted by atomic mass is 10.1. The molecule has 0 atom stereocenters. The van der Waals surface area contributed by atoms with Crippen LogP contribution in [0.25, 0.3) is 32.8 Å². The van der Waals surface area contributed by atoms with E-state index in [9.17, 15) is 4.79 Å². The van der Waals surface area contributed by atoms with Gasteiger partial charge in [-0.05, 0) is 24.6 Å². The molecule has 5 rings (SSSR count). The summed E-state index contributed by atoms with van der Waals surface area (Å²) in [6.07, 6.45) is 3.17. The van der Waals surface area contributed by atoms with E-state index in [2.05, 4.69) is 9.97 Å².